The topological polar surface area (TPSA) is 61.6 Å². The minimum absolute atomic E-state index is 0.0689. The van der Waals surface area contributed by atoms with Crippen LogP contribution in [-0.2, 0) is 13.0 Å². The number of piperazine rings is 1. The molecule has 6 nitrogen and oxygen atoms in total. The van der Waals surface area contributed by atoms with Crippen LogP contribution >= 0.6 is 0 Å². The first-order valence-corrected chi connectivity index (χ1v) is 12.4. The molecule has 0 bridgehead atoms. The molecule has 1 fully saturated rings. The van der Waals surface area contributed by atoms with Crippen LogP contribution in [-0.4, -0.2) is 60.0 Å². The van der Waals surface area contributed by atoms with Gasteiger partial charge in [-0.2, -0.15) is 0 Å². The lowest BCUT2D eigenvalue weighted by Gasteiger charge is -2.34. The average molecular weight is 469 g/mol. The van der Waals surface area contributed by atoms with Crippen molar-refractivity contribution in [3.63, 3.8) is 0 Å². The van der Waals surface area contributed by atoms with Crippen molar-refractivity contribution in [2.75, 3.05) is 39.3 Å². The summed E-state index contributed by atoms with van der Waals surface area (Å²) in [6.45, 7) is 7.02. The summed E-state index contributed by atoms with van der Waals surface area (Å²) < 4.78 is 5.91. The maximum absolute atomic E-state index is 12.7. The largest absolute Gasteiger partial charge is 0.440 e. The molecule has 6 heteroatoms. The molecule has 2 heterocycles. The first-order valence-electron chi connectivity index (χ1n) is 12.4. The second kappa shape index (κ2) is 11.3. The van der Waals surface area contributed by atoms with Crippen LogP contribution in [0.4, 0.5) is 0 Å². The molecule has 0 radical (unpaired) electrons. The van der Waals surface area contributed by atoms with Gasteiger partial charge in [-0.05, 0) is 42.3 Å². The highest BCUT2D eigenvalue weighted by atomic mass is 16.3. The molecule has 0 unspecified atom stereocenters. The molecule has 0 saturated carbocycles. The highest BCUT2D eigenvalue weighted by Crippen LogP contribution is 2.19. The van der Waals surface area contributed by atoms with E-state index in [0.717, 1.165) is 56.8 Å². The molecule has 5 rings (SSSR count). The lowest BCUT2D eigenvalue weighted by molar-refractivity contribution is 0.0947. The number of carbonyl (C=O) groups excluding carboxylic acids is 1. The molecule has 1 saturated heterocycles. The Morgan fingerprint density at radius 3 is 2.29 bits per heavy atom. The Morgan fingerprint density at radius 1 is 0.857 bits per heavy atom. The Hall–Kier alpha value is -3.48. The van der Waals surface area contributed by atoms with Gasteiger partial charge < -0.3 is 14.6 Å². The first kappa shape index (κ1) is 23.3. The number of hydrogen-bond acceptors (Lipinski definition) is 5. The zero-order chi connectivity index (χ0) is 23.9. The van der Waals surface area contributed by atoms with Gasteiger partial charge in [-0.3, -0.25) is 9.69 Å². The molecule has 1 aliphatic rings. The van der Waals surface area contributed by atoms with E-state index in [0.29, 0.717) is 30.0 Å². The van der Waals surface area contributed by atoms with E-state index in [1.165, 1.54) is 5.56 Å². The zero-order valence-electron chi connectivity index (χ0n) is 20.0. The Bertz CT molecular complexity index is 1230. The van der Waals surface area contributed by atoms with Gasteiger partial charge in [-0.25, -0.2) is 4.98 Å². The summed E-state index contributed by atoms with van der Waals surface area (Å²) in [5.74, 6) is 0.591. The quantitative estimate of drug-likeness (QED) is 0.370. The van der Waals surface area contributed by atoms with Gasteiger partial charge in [0, 0.05) is 51.3 Å². The number of nitrogens with zero attached hydrogens (tertiary/aromatic N) is 3. The van der Waals surface area contributed by atoms with Crippen molar-refractivity contribution in [3.8, 4) is 0 Å². The van der Waals surface area contributed by atoms with Crippen LogP contribution in [0.1, 0.15) is 33.8 Å². The molecule has 35 heavy (non-hydrogen) atoms. The normalized spacial score (nSPS) is 14.9. The second-order valence-electron chi connectivity index (χ2n) is 9.17. The van der Waals surface area contributed by atoms with E-state index in [4.69, 9.17) is 4.42 Å². The SMILES string of the molecule is O=C(NCCCN1CCN(Cc2ccccc2)CC1)c1ccc2nc(Cc3ccccc3)oc2c1. The summed E-state index contributed by atoms with van der Waals surface area (Å²) in [6, 6.07) is 26.2. The molecule has 1 aliphatic heterocycles. The van der Waals surface area contributed by atoms with Gasteiger partial charge in [0.1, 0.15) is 5.52 Å². The summed E-state index contributed by atoms with van der Waals surface area (Å²) >= 11 is 0. The minimum Gasteiger partial charge on any atom is -0.440 e. The molecule has 3 aromatic carbocycles. The van der Waals surface area contributed by atoms with Crippen molar-refractivity contribution >= 4 is 17.0 Å². The van der Waals surface area contributed by atoms with Gasteiger partial charge in [-0.1, -0.05) is 60.7 Å². The number of oxazole rings is 1. The summed E-state index contributed by atoms with van der Waals surface area (Å²) in [7, 11) is 0. The maximum atomic E-state index is 12.7. The van der Waals surface area contributed by atoms with E-state index in [2.05, 4.69) is 62.6 Å². The van der Waals surface area contributed by atoms with Crippen LogP contribution in [0.25, 0.3) is 11.1 Å². The van der Waals surface area contributed by atoms with Gasteiger partial charge in [-0.15, -0.1) is 0 Å². The van der Waals surface area contributed by atoms with Crippen molar-refractivity contribution in [2.24, 2.45) is 0 Å². The molecule has 0 atom stereocenters. The van der Waals surface area contributed by atoms with E-state index < -0.39 is 0 Å². The maximum Gasteiger partial charge on any atom is 0.251 e. The van der Waals surface area contributed by atoms with Gasteiger partial charge in [0.15, 0.2) is 11.5 Å². The molecular formula is C29H32N4O2. The van der Waals surface area contributed by atoms with Crippen LogP contribution < -0.4 is 5.32 Å². The smallest absolute Gasteiger partial charge is 0.251 e. The lowest BCUT2D eigenvalue weighted by atomic mass is 10.1. The molecule has 0 aliphatic carbocycles. The lowest BCUT2D eigenvalue weighted by Crippen LogP contribution is -2.46. The Labute approximate surface area is 206 Å². The van der Waals surface area contributed by atoms with Crippen molar-refractivity contribution in [1.82, 2.24) is 20.1 Å². The summed E-state index contributed by atoms with van der Waals surface area (Å²) in [4.78, 5) is 22.2. The summed E-state index contributed by atoms with van der Waals surface area (Å²) in [5, 5.41) is 3.05. The highest BCUT2D eigenvalue weighted by molar-refractivity contribution is 5.97. The third-order valence-electron chi connectivity index (χ3n) is 6.54. The second-order valence-corrected chi connectivity index (χ2v) is 9.17. The average Bonchev–Trinajstić information content (AvgIpc) is 3.30. The number of amides is 1. The van der Waals surface area contributed by atoms with E-state index >= 15 is 0 Å². The standard InChI is InChI=1S/C29H32N4O2/c34-29(25-12-13-26-27(21-25)35-28(31-26)20-23-8-3-1-4-9-23)30-14-7-15-32-16-18-33(19-17-32)22-24-10-5-2-6-11-24/h1-6,8-13,21H,7,14-20,22H2,(H,30,34). The van der Waals surface area contributed by atoms with Gasteiger partial charge in [0.25, 0.3) is 5.91 Å². The Balaban J connectivity index is 1.05. The third-order valence-corrected chi connectivity index (χ3v) is 6.54. The molecular weight excluding hydrogens is 436 g/mol. The molecule has 1 amide bonds. The molecule has 1 aromatic heterocycles. The summed E-state index contributed by atoms with van der Waals surface area (Å²) in [5.41, 5.74) is 4.56. The van der Waals surface area contributed by atoms with Gasteiger partial charge in [0.05, 0.1) is 0 Å². The molecule has 4 aromatic rings. The van der Waals surface area contributed by atoms with Crippen LogP contribution in [0.5, 0.6) is 0 Å². The third kappa shape index (κ3) is 6.35. The fourth-order valence-corrected chi connectivity index (χ4v) is 4.58. The summed E-state index contributed by atoms with van der Waals surface area (Å²) in [6.07, 6.45) is 1.58. The number of rotatable bonds is 9. The first-order chi connectivity index (χ1) is 17.2. The van der Waals surface area contributed by atoms with E-state index in [-0.39, 0.29) is 5.91 Å². The monoisotopic (exact) mass is 468 g/mol. The number of aromatic nitrogens is 1. The number of hydrogen-bond donors (Lipinski definition) is 1. The highest BCUT2D eigenvalue weighted by Gasteiger charge is 2.17. The molecule has 0 spiro atoms. The fourth-order valence-electron chi connectivity index (χ4n) is 4.58. The Kier molecular flexibility index (Phi) is 7.51. The van der Waals surface area contributed by atoms with Crippen molar-refractivity contribution in [2.45, 2.75) is 19.4 Å². The number of fused-ring (bicyclic) bond motifs is 1. The number of nitrogens with one attached hydrogen (secondary N) is 1. The van der Waals surface area contributed by atoms with Gasteiger partial charge in [0.2, 0.25) is 0 Å². The van der Waals surface area contributed by atoms with Crippen LogP contribution in [0, 0.1) is 0 Å². The van der Waals surface area contributed by atoms with Crippen molar-refractivity contribution < 1.29 is 9.21 Å². The van der Waals surface area contributed by atoms with Crippen molar-refractivity contribution in [1.29, 1.82) is 0 Å². The Morgan fingerprint density at radius 2 is 1.54 bits per heavy atom. The fraction of sp³-hybridized carbons (Fsp3) is 0.310. The van der Waals surface area contributed by atoms with Crippen LogP contribution in [0.3, 0.4) is 0 Å². The number of carbonyl (C=O) groups is 1. The van der Waals surface area contributed by atoms with Crippen molar-refractivity contribution in [3.05, 3.63) is 101 Å². The molecule has 180 valence electrons. The zero-order valence-corrected chi connectivity index (χ0v) is 20.0. The van der Waals surface area contributed by atoms with Gasteiger partial charge >= 0.3 is 0 Å². The van der Waals surface area contributed by atoms with Crippen LogP contribution in [0.15, 0.2) is 83.3 Å². The van der Waals surface area contributed by atoms with E-state index in [1.807, 2.05) is 30.3 Å². The van der Waals surface area contributed by atoms with E-state index in [1.54, 1.807) is 6.07 Å². The van der Waals surface area contributed by atoms with Crippen LogP contribution in [0.2, 0.25) is 0 Å². The number of benzene rings is 3. The minimum atomic E-state index is -0.0689. The molecule has 1 N–H and O–H groups in total. The van der Waals surface area contributed by atoms with E-state index in [9.17, 15) is 4.79 Å². The predicted octanol–water partition coefficient (Wildman–Crippen LogP) is 4.36. The predicted molar refractivity (Wildman–Crippen MR) is 138 cm³/mol.